The molecule has 0 saturated carbocycles. The fourth-order valence-electron chi connectivity index (χ4n) is 4.37. The van der Waals surface area contributed by atoms with Gasteiger partial charge in [0.1, 0.15) is 5.65 Å². The second-order valence-electron chi connectivity index (χ2n) is 6.95. The molecule has 4 heterocycles. The average molecular weight is 347 g/mol. The van der Waals surface area contributed by atoms with Gasteiger partial charge in [0.05, 0.1) is 10.7 Å². The Bertz CT molecular complexity index is 759. The summed E-state index contributed by atoms with van der Waals surface area (Å²) in [5, 5.41) is 0.716. The van der Waals surface area contributed by atoms with Gasteiger partial charge in [-0.05, 0) is 44.4 Å². The van der Waals surface area contributed by atoms with Crippen LogP contribution in [0, 0.1) is 0 Å². The van der Waals surface area contributed by atoms with Crippen molar-refractivity contribution in [3.8, 4) is 0 Å². The van der Waals surface area contributed by atoms with Gasteiger partial charge in [0.15, 0.2) is 0 Å². The Labute approximate surface area is 147 Å². The molecule has 2 aromatic rings. The highest BCUT2D eigenvalue weighted by Crippen LogP contribution is 2.31. The molecule has 2 saturated heterocycles. The normalized spacial score (nSPS) is 25.0. The summed E-state index contributed by atoms with van der Waals surface area (Å²) in [7, 11) is 0. The van der Waals surface area contributed by atoms with Gasteiger partial charge < -0.3 is 9.30 Å². The van der Waals surface area contributed by atoms with Gasteiger partial charge in [-0.1, -0.05) is 11.6 Å². The maximum atomic E-state index is 11.9. The molecule has 0 unspecified atom stereocenters. The Balaban J connectivity index is 1.53. The second-order valence-corrected chi connectivity index (χ2v) is 7.38. The van der Waals surface area contributed by atoms with Crippen LogP contribution in [0.25, 0.3) is 5.65 Å². The summed E-state index contributed by atoms with van der Waals surface area (Å²) in [5.74, 6) is 0.215. The van der Waals surface area contributed by atoms with Gasteiger partial charge in [-0.2, -0.15) is 0 Å². The number of carbonyl (C=O) groups excluding carboxylic acids is 1. The van der Waals surface area contributed by atoms with Gasteiger partial charge in [0.2, 0.25) is 5.91 Å². The van der Waals surface area contributed by atoms with Gasteiger partial charge in [-0.25, -0.2) is 4.98 Å². The fraction of sp³-hybridized carbons (Fsp3) is 0.556. The number of rotatable bonds is 3. The number of carbonyl (C=O) groups is 1. The first-order chi connectivity index (χ1) is 11.6. The van der Waals surface area contributed by atoms with E-state index in [-0.39, 0.29) is 5.91 Å². The number of likely N-dealkylation sites (tertiary alicyclic amines) is 2. The molecule has 1 amide bonds. The number of pyridine rings is 1. The van der Waals surface area contributed by atoms with E-state index in [1.165, 1.54) is 12.8 Å². The van der Waals surface area contributed by atoms with E-state index in [9.17, 15) is 4.79 Å². The lowest BCUT2D eigenvalue weighted by molar-refractivity contribution is -0.130. The summed E-state index contributed by atoms with van der Waals surface area (Å²) >= 11 is 6.06. The molecule has 0 N–H and O–H groups in total. The summed E-state index contributed by atoms with van der Waals surface area (Å²) in [5.41, 5.74) is 1.99. The van der Waals surface area contributed by atoms with Crippen LogP contribution >= 0.6 is 11.6 Å². The van der Waals surface area contributed by atoms with Crippen molar-refractivity contribution in [2.24, 2.45) is 0 Å². The van der Waals surface area contributed by atoms with Crippen LogP contribution in [0.15, 0.2) is 24.5 Å². The third-order valence-electron chi connectivity index (χ3n) is 5.39. The maximum absolute atomic E-state index is 11.9. The van der Waals surface area contributed by atoms with Gasteiger partial charge >= 0.3 is 0 Å². The average Bonchev–Trinajstić information content (AvgIpc) is 3.24. The van der Waals surface area contributed by atoms with Crippen LogP contribution in [0.2, 0.25) is 5.02 Å². The Morgan fingerprint density at radius 1 is 1.21 bits per heavy atom. The van der Waals surface area contributed by atoms with Crippen molar-refractivity contribution in [1.82, 2.24) is 19.2 Å². The zero-order chi connectivity index (χ0) is 16.7. The lowest BCUT2D eigenvalue weighted by atomic mass is 10.0. The van der Waals surface area contributed by atoms with E-state index in [4.69, 9.17) is 16.6 Å². The first-order valence-electron chi connectivity index (χ1n) is 8.76. The molecule has 5 nitrogen and oxygen atoms in total. The molecular formula is C18H23ClN4O. The van der Waals surface area contributed by atoms with Crippen molar-refractivity contribution in [3.63, 3.8) is 0 Å². The Morgan fingerprint density at radius 2 is 2.00 bits per heavy atom. The molecule has 2 aliphatic rings. The summed E-state index contributed by atoms with van der Waals surface area (Å²) in [4.78, 5) is 21.2. The van der Waals surface area contributed by atoms with Gasteiger partial charge in [-0.3, -0.25) is 9.69 Å². The van der Waals surface area contributed by atoms with E-state index in [1.807, 2.05) is 22.7 Å². The van der Waals surface area contributed by atoms with Crippen molar-refractivity contribution in [2.45, 2.75) is 51.2 Å². The zero-order valence-electron chi connectivity index (χ0n) is 14.0. The third kappa shape index (κ3) is 2.91. The van der Waals surface area contributed by atoms with Gasteiger partial charge in [0, 0.05) is 44.5 Å². The summed E-state index contributed by atoms with van der Waals surface area (Å²) < 4.78 is 1.99. The fourth-order valence-corrected chi connectivity index (χ4v) is 4.54. The molecule has 2 fully saturated rings. The molecule has 2 atom stereocenters. The molecule has 0 aliphatic carbocycles. The Morgan fingerprint density at radius 3 is 2.83 bits per heavy atom. The molecule has 0 bridgehead atoms. The number of amides is 1. The smallest absolute Gasteiger partial charge is 0.219 e. The van der Waals surface area contributed by atoms with Crippen LogP contribution in [-0.4, -0.2) is 50.3 Å². The van der Waals surface area contributed by atoms with E-state index >= 15 is 0 Å². The molecule has 2 aliphatic heterocycles. The van der Waals surface area contributed by atoms with Crippen molar-refractivity contribution >= 4 is 23.2 Å². The highest BCUT2D eigenvalue weighted by atomic mass is 35.5. The highest BCUT2D eigenvalue weighted by molar-refractivity contribution is 6.30. The first kappa shape index (κ1) is 15.9. The molecule has 4 rings (SSSR count). The van der Waals surface area contributed by atoms with E-state index in [0.29, 0.717) is 17.1 Å². The number of imidazole rings is 1. The molecule has 0 radical (unpaired) electrons. The zero-order valence-corrected chi connectivity index (χ0v) is 14.7. The number of aromatic nitrogens is 2. The molecule has 6 heteroatoms. The topological polar surface area (TPSA) is 40.9 Å². The van der Waals surface area contributed by atoms with Crippen LogP contribution in [0.4, 0.5) is 0 Å². The monoisotopic (exact) mass is 346 g/mol. The SMILES string of the molecule is CC(=O)N1CCC[C@@H]1[C@H]1CCCN1Cc1cn2cc(Cl)ccc2n1. The molecule has 0 spiro atoms. The molecular weight excluding hydrogens is 324 g/mol. The second kappa shape index (κ2) is 6.37. The maximum Gasteiger partial charge on any atom is 0.219 e. The van der Waals surface area contributed by atoms with Crippen molar-refractivity contribution in [2.75, 3.05) is 13.1 Å². The number of halogens is 1. The lowest BCUT2D eigenvalue weighted by Gasteiger charge is -2.34. The van der Waals surface area contributed by atoms with Crippen molar-refractivity contribution < 1.29 is 4.79 Å². The van der Waals surface area contributed by atoms with Crippen LogP contribution in [0.5, 0.6) is 0 Å². The predicted octanol–water partition coefficient (Wildman–Crippen LogP) is 2.96. The summed E-state index contributed by atoms with van der Waals surface area (Å²) in [6, 6.07) is 4.65. The summed E-state index contributed by atoms with van der Waals surface area (Å²) in [6.07, 6.45) is 8.58. The first-order valence-corrected chi connectivity index (χ1v) is 9.14. The lowest BCUT2D eigenvalue weighted by Crippen LogP contribution is -2.47. The standard InChI is InChI=1S/C18H23ClN4O/c1-13(24)23-9-3-5-17(23)16-4-2-8-21(16)11-15-12-22-10-14(19)6-7-18(22)20-15/h6-7,10,12,16-17H,2-5,8-9,11H2,1H3/t16-,17-/m1/s1. The van der Waals surface area contributed by atoms with Crippen LogP contribution in [-0.2, 0) is 11.3 Å². The van der Waals surface area contributed by atoms with Crippen LogP contribution in [0.1, 0.15) is 38.3 Å². The quantitative estimate of drug-likeness (QED) is 0.858. The minimum absolute atomic E-state index is 0.215. The molecule has 0 aromatic carbocycles. The number of hydrogen-bond acceptors (Lipinski definition) is 3. The molecule has 24 heavy (non-hydrogen) atoms. The van der Waals surface area contributed by atoms with Gasteiger partial charge in [-0.15, -0.1) is 0 Å². The van der Waals surface area contributed by atoms with Gasteiger partial charge in [0.25, 0.3) is 0 Å². The molecule has 128 valence electrons. The predicted molar refractivity (Wildman–Crippen MR) is 94.0 cm³/mol. The van der Waals surface area contributed by atoms with E-state index in [0.717, 1.165) is 43.8 Å². The minimum Gasteiger partial charge on any atom is -0.338 e. The highest BCUT2D eigenvalue weighted by Gasteiger charge is 2.38. The number of nitrogens with zero attached hydrogens (tertiary/aromatic N) is 4. The minimum atomic E-state index is 0.215. The largest absolute Gasteiger partial charge is 0.338 e. The number of fused-ring (bicyclic) bond motifs is 1. The van der Waals surface area contributed by atoms with Crippen molar-refractivity contribution in [3.05, 3.63) is 35.2 Å². The van der Waals surface area contributed by atoms with E-state index < -0.39 is 0 Å². The van der Waals surface area contributed by atoms with Crippen LogP contribution < -0.4 is 0 Å². The summed E-state index contributed by atoms with van der Waals surface area (Å²) in [6.45, 7) is 4.54. The third-order valence-corrected chi connectivity index (χ3v) is 5.62. The Hall–Kier alpha value is -1.59. The van der Waals surface area contributed by atoms with E-state index in [2.05, 4.69) is 16.0 Å². The van der Waals surface area contributed by atoms with Crippen LogP contribution in [0.3, 0.4) is 0 Å². The molecule has 2 aromatic heterocycles. The van der Waals surface area contributed by atoms with Crippen molar-refractivity contribution in [1.29, 1.82) is 0 Å². The number of hydrogen-bond donors (Lipinski definition) is 0. The van der Waals surface area contributed by atoms with E-state index in [1.54, 1.807) is 6.92 Å². The Kier molecular flexibility index (Phi) is 4.22.